The van der Waals surface area contributed by atoms with E-state index in [0.29, 0.717) is 36.9 Å². The number of likely N-dealkylation sites (N-methyl/N-ethyl adjacent to an activating group) is 1. The minimum Gasteiger partial charge on any atom is -0.480 e. The molecule has 0 spiro atoms. The first-order chi connectivity index (χ1) is 19.0. The number of aliphatic carboxylic acids is 1. The summed E-state index contributed by atoms with van der Waals surface area (Å²) in [7, 11) is -2.60. The number of carboxylic acids is 1. The van der Waals surface area contributed by atoms with Crippen molar-refractivity contribution >= 4 is 33.5 Å². The molecule has 1 atom stereocenters. The highest BCUT2D eigenvalue weighted by Crippen LogP contribution is 2.38. The van der Waals surface area contributed by atoms with Gasteiger partial charge < -0.3 is 21.1 Å². The van der Waals surface area contributed by atoms with Crippen molar-refractivity contribution < 1.29 is 27.9 Å². The van der Waals surface area contributed by atoms with Crippen molar-refractivity contribution in [1.29, 1.82) is 0 Å². The number of nitrogens with one attached hydrogen (secondary N) is 3. The number of carbonyl (C=O) groups is 3. The fraction of sp³-hybridized carbons (Fsp3) is 0.483. The number of carboxylic acid groups (broad SMARTS) is 1. The molecule has 1 heterocycles. The van der Waals surface area contributed by atoms with Gasteiger partial charge in [-0.2, -0.15) is 4.31 Å². The summed E-state index contributed by atoms with van der Waals surface area (Å²) in [6.45, 7) is 3.49. The van der Waals surface area contributed by atoms with Crippen LogP contribution in [0.4, 0.5) is 5.69 Å². The third-order valence-electron chi connectivity index (χ3n) is 8.11. The lowest BCUT2D eigenvalue weighted by Gasteiger charge is -2.37. The fourth-order valence-electron chi connectivity index (χ4n) is 5.52. The maximum atomic E-state index is 13.6. The molecule has 40 heavy (non-hydrogen) atoms. The van der Waals surface area contributed by atoms with Crippen LogP contribution in [0.1, 0.15) is 49.7 Å². The SMILES string of the molecule is Cc1ccc(S(=O)(=O)N(C)C2(C(=O)N[C@@H](Cc3ccc(NC(=O)C4CCNCC4)cc3)C(=O)O)CCCC2)cc1. The highest BCUT2D eigenvalue weighted by molar-refractivity contribution is 7.89. The van der Waals surface area contributed by atoms with Crippen LogP contribution in [0.5, 0.6) is 0 Å². The Bertz CT molecular complexity index is 1320. The van der Waals surface area contributed by atoms with Gasteiger partial charge in [0.05, 0.1) is 4.90 Å². The summed E-state index contributed by atoms with van der Waals surface area (Å²) in [6, 6.07) is 12.1. The van der Waals surface area contributed by atoms with Crippen LogP contribution < -0.4 is 16.0 Å². The standard InChI is InChI=1S/C29H38N4O6S/c1-20-5-11-24(12-6-20)40(38,39)33(2)29(15-3-4-16-29)28(37)32-25(27(35)36)19-21-7-9-23(10-8-21)31-26(34)22-13-17-30-18-14-22/h5-12,22,25,30H,3-4,13-19H2,1-2H3,(H,31,34)(H,32,37)(H,35,36)/t25-/m0/s1. The Labute approximate surface area is 235 Å². The van der Waals surface area contributed by atoms with E-state index < -0.39 is 33.5 Å². The van der Waals surface area contributed by atoms with Crippen LogP contribution in [-0.2, 0) is 30.8 Å². The zero-order valence-corrected chi connectivity index (χ0v) is 23.8. The predicted molar refractivity (Wildman–Crippen MR) is 151 cm³/mol. The number of aryl methyl sites for hydroxylation is 1. The number of nitrogens with zero attached hydrogens (tertiary/aromatic N) is 1. The monoisotopic (exact) mass is 570 g/mol. The minimum absolute atomic E-state index is 0.00804. The summed E-state index contributed by atoms with van der Waals surface area (Å²) < 4.78 is 28.0. The lowest BCUT2D eigenvalue weighted by atomic mass is 9.95. The van der Waals surface area contributed by atoms with Crippen LogP contribution in [0.2, 0.25) is 0 Å². The lowest BCUT2D eigenvalue weighted by molar-refractivity contribution is -0.143. The number of amides is 2. The van der Waals surface area contributed by atoms with Crippen LogP contribution >= 0.6 is 0 Å². The Kier molecular flexibility index (Phi) is 9.27. The first-order valence-electron chi connectivity index (χ1n) is 13.7. The van der Waals surface area contributed by atoms with E-state index in [-0.39, 0.29) is 23.1 Å². The minimum atomic E-state index is -3.99. The number of piperidine rings is 1. The average molecular weight is 571 g/mol. The van der Waals surface area contributed by atoms with Crippen molar-refractivity contribution in [1.82, 2.24) is 14.9 Å². The van der Waals surface area contributed by atoms with Gasteiger partial charge in [0.25, 0.3) is 0 Å². The van der Waals surface area contributed by atoms with Gasteiger partial charge >= 0.3 is 5.97 Å². The van der Waals surface area contributed by atoms with Crippen LogP contribution in [0, 0.1) is 12.8 Å². The topological polar surface area (TPSA) is 145 Å². The van der Waals surface area contributed by atoms with E-state index in [9.17, 15) is 27.9 Å². The van der Waals surface area contributed by atoms with Gasteiger partial charge in [-0.25, -0.2) is 13.2 Å². The third-order valence-corrected chi connectivity index (χ3v) is 10.0. The number of sulfonamides is 1. The zero-order valence-electron chi connectivity index (χ0n) is 23.0. The molecule has 0 aromatic heterocycles. The molecule has 2 amide bonds. The fourth-order valence-corrected chi connectivity index (χ4v) is 7.05. The summed E-state index contributed by atoms with van der Waals surface area (Å²) >= 11 is 0. The maximum Gasteiger partial charge on any atom is 0.326 e. The Morgan fingerprint density at radius 2 is 1.62 bits per heavy atom. The van der Waals surface area contributed by atoms with E-state index >= 15 is 0 Å². The van der Waals surface area contributed by atoms with Gasteiger partial charge in [-0.1, -0.05) is 42.7 Å². The molecule has 1 aliphatic heterocycles. The van der Waals surface area contributed by atoms with Crippen LogP contribution in [0.15, 0.2) is 53.4 Å². The molecule has 2 aliphatic rings. The molecular formula is C29H38N4O6S. The highest BCUT2D eigenvalue weighted by Gasteiger charge is 2.50. The highest BCUT2D eigenvalue weighted by atomic mass is 32.2. The second-order valence-electron chi connectivity index (χ2n) is 10.8. The summed E-state index contributed by atoms with van der Waals surface area (Å²) in [4.78, 5) is 38.4. The molecule has 1 saturated carbocycles. The Morgan fingerprint density at radius 3 is 2.20 bits per heavy atom. The summed E-state index contributed by atoms with van der Waals surface area (Å²) in [5, 5.41) is 18.7. The van der Waals surface area contributed by atoms with Gasteiger partial charge in [-0.15, -0.1) is 0 Å². The van der Waals surface area contributed by atoms with Gasteiger partial charge in [0.2, 0.25) is 21.8 Å². The number of anilines is 1. The molecule has 2 fully saturated rings. The zero-order chi connectivity index (χ0) is 28.9. The van der Waals surface area contributed by atoms with E-state index in [0.717, 1.165) is 35.8 Å². The molecule has 216 valence electrons. The molecule has 10 nitrogen and oxygen atoms in total. The maximum absolute atomic E-state index is 13.6. The van der Waals surface area contributed by atoms with Crippen molar-refractivity contribution in [2.45, 2.75) is 68.3 Å². The Hall–Kier alpha value is -3.28. The second-order valence-corrected chi connectivity index (χ2v) is 12.8. The first-order valence-corrected chi connectivity index (χ1v) is 15.2. The van der Waals surface area contributed by atoms with Crippen LogP contribution in [0.3, 0.4) is 0 Å². The molecule has 4 N–H and O–H groups in total. The van der Waals surface area contributed by atoms with Gasteiger partial charge in [0, 0.05) is 25.1 Å². The molecule has 2 aromatic rings. The van der Waals surface area contributed by atoms with Crippen molar-refractivity contribution in [3.05, 3.63) is 59.7 Å². The molecule has 0 unspecified atom stereocenters. The number of carbonyl (C=O) groups excluding carboxylic acids is 2. The second kappa shape index (κ2) is 12.5. The predicted octanol–water partition coefficient (Wildman–Crippen LogP) is 2.68. The molecule has 11 heteroatoms. The number of benzene rings is 2. The molecular weight excluding hydrogens is 532 g/mol. The third kappa shape index (κ3) is 6.54. The number of rotatable bonds is 10. The summed E-state index contributed by atoms with van der Waals surface area (Å²) in [5.41, 5.74) is 0.821. The van der Waals surface area contributed by atoms with E-state index in [1.165, 1.54) is 19.2 Å². The van der Waals surface area contributed by atoms with Gasteiger partial charge in [0.15, 0.2) is 0 Å². The molecule has 0 radical (unpaired) electrons. The van der Waals surface area contributed by atoms with Crippen molar-refractivity contribution in [2.75, 3.05) is 25.5 Å². The van der Waals surface area contributed by atoms with Crippen molar-refractivity contribution in [3.8, 4) is 0 Å². The van der Waals surface area contributed by atoms with E-state index in [4.69, 9.17) is 0 Å². The van der Waals surface area contributed by atoms with Crippen molar-refractivity contribution in [2.24, 2.45) is 5.92 Å². The van der Waals surface area contributed by atoms with E-state index in [2.05, 4.69) is 16.0 Å². The lowest BCUT2D eigenvalue weighted by Crippen LogP contribution is -2.60. The first kappa shape index (κ1) is 29.7. The van der Waals surface area contributed by atoms with Crippen molar-refractivity contribution in [3.63, 3.8) is 0 Å². The molecule has 4 rings (SSSR count). The smallest absolute Gasteiger partial charge is 0.326 e. The summed E-state index contributed by atoms with van der Waals surface area (Å²) in [5.74, 6) is -1.89. The number of hydrogen-bond acceptors (Lipinski definition) is 6. The Morgan fingerprint density at radius 1 is 1.02 bits per heavy atom. The average Bonchev–Trinajstić information content (AvgIpc) is 3.45. The summed E-state index contributed by atoms with van der Waals surface area (Å²) in [6.07, 6.45) is 3.50. The van der Waals surface area contributed by atoms with E-state index in [1.54, 1.807) is 36.4 Å². The van der Waals surface area contributed by atoms with Gasteiger partial charge in [-0.05, 0) is 75.5 Å². The molecule has 1 aliphatic carbocycles. The molecule has 1 saturated heterocycles. The molecule has 2 aromatic carbocycles. The quantitative estimate of drug-likeness (QED) is 0.344. The van der Waals surface area contributed by atoms with Gasteiger partial charge in [0.1, 0.15) is 11.6 Å². The van der Waals surface area contributed by atoms with E-state index in [1.807, 2.05) is 6.92 Å². The van der Waals surface area contributed by atoms with Gasteiger partial charge in [-0.3, -0.25) is 9.59 Å². The normalized spacial score (nSPS) is 18.3. The van der Waals surface area contributed by atoms with Crippen LogP contribution in [-0.4, -0.2) is 67.3 Å². The largest absolute Gasteiger partial charge is 0.480 e. The molecule has 0 bridgehead atoms. The number of hydrogen-bond donors (Lipinski definition) is 4. The van der Waals surface area contributed by atoms with Crippen LogP contribution in [0.25, 0.3) is 0 Å². The Balaban J connectivity index is 1.45.